The van der Waals surface area contributed by atoms with Crippen molar-refractivity contribution in [2.45, 2.75) is 4.90 Å². The number of aromatic nitrogens is 1. The minimum atomic E-state index is -0.414. The lowest BCUT2D eigenvalue weighted by Gasteiger charge is -2.08. The second-order valence-electron chi connectivity index (χ2n) is 3.78. The molecular formula is C12H12N4O2S2. The summed E-state index contributed by atoms with van der Waals surface area (Å²) >= 11 is 2.47. The van der Waals surface area contributed by atoms with Crippen LogP contribution in [0.2, 0.25) is 0 Å². The summed E-state index contributed by atoms with van der Waals surface area (Å²) in [5.41, 5.74) is 11.5. The molecule has 104 valence electrons. The van der Waals surface area contributed by atoms with Crippen molar-refractivity contribution in [3.63, 3.8) is 0 Å². The van der Waals surface area contributed by atoms with Crippen LogP contribution in [0.3, 0.4) is 0 Å². The number of nitrogen functional groups attached to an aromatic ring is 1. The van der Waals surface area contributed by atoms with E-state index in [0.717, 1.165) is 4.90 Å². The lowest BCUT2D eigenvalue weighted by atomic mass is 10.3. The fourth-order valence-electron chi connectivity index (χ4n) is 1.42. The molecule has 0 spiro atoms. The van der Waals surface area contributed by atoms with Crippen molar-refractivity contribution in [2.24, 2.45) is 5.73 Å². The van der Waals surface area contributed by atoms with E-state index in [1.807, 2.05) is 6.07 Å². The largest absolute Gasteiger partial charge is 0.375 e. The van der Waals surface area contributed by atoms with Crippen molar-refractivity contribution in [1.82, 2.24) is 4.98 Å². The summed E-state index contributed by atoms with van der Waals surface area (Å²) in [7, 11) is 0. The minimum absolute atomic E-state index is 0.149. The number of para-hydroxylation sites is 1. The molecule has 0 radical (unpaired) electrons. The van der Waals surface area contributed by atoms with Crippen LogP contribution in [0, 0.1) is 0 Å². The fraction of sp³-hybridized carbons (Fsp3) is 0.0833. The van der Waals surface area contributed by atoms with Gasteiger partial charge in [0.05, 0.1) is 11.4 Å². The zero-order chi connectivity index (χ0) is 14.5. The van der Waals surface area contributed by atoms with Gasteiger partial charge in [0, 0.05) is 10.3 Å². The van der Waals surface area contributed by atoms with Gasteiger partial charge in [-0.25, -0.2) is 4.98 Å². The third kappa shape index (κ3) is 3.72. The molecule has 0 unspecified atom stereocenters. The highest BCUT2D eigenvalue weighted by molar-refractivity contribution is 8.00. The molecule has 0 aliphatic carbocycles. The first-order valence-electron chi connectivity index (χ1n) is 5.59. The number of nitrogens with two attached hydrogens (primary N) is 2. The maximum atomic E-state index is 12.0. The Morgan fingerprint density at radius 2 is 2.10 bits per heavy atom. The highest BCUT2D eigenvalue weighted by Gasteiger charge is 2.12. The van der Waals surface area contributed by atoms with Crippen LogP contribution in [0.5, 0.6) is 0 Å². The predicted octanol–water partition coefficient (Wildman–Crippen LogP) is 1.56. The van der Waals surface area contributed by atoms with Gasteiger partial charge in [-0.2, -0.15) is 0 Å². The number of benzene rings is 1. The predicted molar refractivity (Wildman–Crippen MR) is 80.8 cm³/mol. The normalized spacial score (nSPS) is 10.2. The summed E-state index contributed by atoms with van der Waals surface area (Å²) in [6.07, 6.45) is 0. The number of thiazole rings is 1. The zero-order valence-corrected chi connectivity index (χ0v) is 12.0. The average molecular weight is 308 g/mol. The van der Waals surface area contributed by atoms with Crippen LogP contribution in [0.25, 0.3) is 0 Å². The molecule has 0 saturated carbocycles. The van der Waals surface area contributed by atoms with E-state index >= 15 is 0 Å². The van der Waals surface area contributed by atoms with Gasteiger partial charge >= 0.3 is 0 Å². The molecular weight excluding hydrogens is 296 g/mol. The second kappa shape index (κ2) is 6.40. The number of carbonyl (C=O) groups is 2. The Morgan fingerprint density at radius 1 is 1.35 bits per heavy atom. The molecule has 5 N–H and O–H groups in total. The number of hydrogen-bond acceptors (Lipinski definition) is 6. The molecule has 0 fully saturated rings. The monoisotopic (exact) mass is 308 g/mol. The number of amides is 2. The fourth-order valence-corrected chi connectivity index (χ4v) is 2.71. The summed E-state index contributed by atoms with van der Waals surface area (Å²) in [5, 5.41) is 4.67. The molecule has 0 aliphatic heterocycles. The van der Waals surface area contributed by atoms with Gasteiger partial charge in [-0.1, -0.05) is 12.1 Å². The maximum absolute atomic E-state index is 12.0. The number of rotatable bonds is 5. The van der Waals surface area contributed by atoms with E-state index in [-0.39, 0.29) is 17.4 Å². The molecule has 0 saturated heterocycles. The molecule has 6 nitrogen and oxygen atoms in total. The number of nitrogens with zero attached hydrogens (tertiary/aromatic N) is 1. The third-order valence-electron chi connectivity index (χ3n) is 2.26. The third-order valence-corrected chi connectivity index (χ3v) is 4.03. The number of carbonyl (C=O) groups excluding carboxylic acids is 2. The van der Waals surface area contributed by atoms with Gasteiger partial charge in [-0.05, 0) is 12.1 Å². The van der Waals surface area contributed by atoms with E-state index in [0.29, 0.717) is 10.8 Å². The number of thioether (sulfide) groups is 1. The van der Waals surface area contributed by atoms with Crippen LogP contribution in [0.4, 0.5) is 10.8 Å². The van der Waals surface area contributed by atoms with E-state index < -0.39 is 5.91 Å². The second-order valence-corrected chi connectivity index (χ2v) is 5.68. The molecule has 2 aromatic rings. The van der Waals surface area contributed by atoms with Gasteiger partial charge in [0.2, 0.25) is 5.91 Å². The summed E-state index contributed by atoms with van der Waals surface area (Å²) in [6.45, 7) is 0. The highest BCUT2D eigenvalue weighted by Crippen LogP contribution is 2.27. The van der Waals surface area contributed by atoms with E-state index in [1.54, 1.807) is 23.6 Å². The van der Waals surface area contributed by atoms with Crippen molar-refractivity contribution >= 4 is 45.7 Å². The standard InChI is InChI=1S/C12H12N4O2S2/c13-10(17)6-19-9-4-2-1-3-7(9)15-11(18)8-5-20-12(14)16-8/h1-5H,6H2,(H2,13,17)(H2,14,16)(H,15,18). The quantitative estimate of drug-likeness (QED) is 0.726. The summed E-state index contributed by atoms with van der Waals surface area (Å²) < 4.78 is 0. The molecule has 1 heterocycles. The first kappa shape index (κ1) is 14.4. The Balaban J connectivity index is 2.12. The molecule has 8 heteroatoms. The van der Waals surface area contributed by atoms with E-state index in [1.165, 1.54) is 23.1 Å². The Bertz CT molecular complexity index is 642. The number of hydrogen-bond donors (Lipinski definition) is 3. The van der Waals surface area contributed by atoms with Crippen LogP contribution in [0.15, 0.2) is 34.5 Å². The van der Waals surface area contributed by atoms with Crippen LogP contribution >= 0.6 is 23.1 Å². The Labute approximate surface area is 123 Å². The topological polar surface area (TPSA) is 111 Å². The summed E-state index contributed by atoms with van der Waals surface area (Å²) in [5.74, 6) is -0.607. The van der Waals surface area contributed by atoms with Gasteiger partial charge in [0.15, 0.2) is 5.13 Å². The number of anilines is 2. The molecule has 20 heavy (non-hydrogen) atoms. The van der Waals surface area contributed by atoms with Crippen molar-refractivity contribution in [3.05, 3.63) is 35.3 Å². The summed E-state index contributed by atoms with van der Waals surface area (Å²) in [4.78, 5) is 27.5. The first-order chi connectivity index (χ1) is 9.56. The average Bonchev–Trinajstić information content (AvgIpc) is 2.84. The molecule has 2 amide bonds. The SMILES string of the molecule is NC(=O)CSc1ccccc1NC(=O)c1csc(N)n1. The Morgan fingerprint density at radius 3 is 2.75 bits per heavy atom. The van der Waals surface area contributed by atoms with Gasteiger partial charge in [0.1, 0.15) is 5.69 Å². The molecule has 0 bridgehead atoms. The zero-order valence-electron chi connectivity index (χ0n) is 10.3. The molecule has 2 rings (SSSR count). The van der Waals surface area contributed by atoms with Gasteiger partial charge in [-0.3, -0.25) is 9.59 Å². The Kier molecular flexibility index (Phi) is 4.59. The van der Waals surface area contributed by atoms with Crippen LogP contribution in [-0.4, -0.2) is 22.6 Å². The van der Waals surface area contributed by atoms with Crippen LogP contribution < -0.4 is 16.8 Å². The van der Waals surface area contributed by atoms with Crippen molar-refractivity contribution < 1.29 is 9.59 Å². The van der Waals surface area contributed by atoms with Gasteiger partial charge in [0.25, 0.3) is 5.91 Å². The molecule has 1 aromatic heterocycles. The van der Waals surface area contributed by atoms with Gasteiger partial charge in [-0.15, -0.1) is 23.1 Å². The molecule has 0 atom stereocenters. The van der Waals surface area contributed by atoms with E-state index in [9.17, 15) is 9.59 Å². The van der Waals surface area contributed by atoms with Crippen molar-refractivity contribution in [1.29, 1.82) is 0 Å². The summed E-state index contributed by atoms with van der Waals surface area (Å²) in [6, 6.07) is 7.16. The minimum Gasteiger partial charge on any atom is -0.375 e. The number of primary amides is 1. The lowest BCUT2D eigenvalue weighted by molar-refractivity contribution is -0.115. The molecule has 0 aliphatic rings. The first-order valence-corrected chi connectivity index (χ1v) is 7.45. The Hall–Kier alpha value is -2.06. The van der Waals surface area contributed by atoms with Crippen LogP contribution in [0.1, 0.15) is 10.5 Å². The lowest BCUT2D eigenvalue weighted by Crippen LogP contribution is -2.15. The number of nitrogens with one attached hydrogen (secondary N) is 1. The van der Waals surface area contributed by atoms with Crippen LogP contribution in [-0.2, 0) is 4.79 Å². The molecule has 1 aromatic carbocycles. The maximum Gasteiger partial charge on any atom is 0.275 e. The van der Waals surface area contributed by atoms with Gasteiger partial charge < -0.3 is 16.8 Å². The smallest absolute Gasteiger partial charge is 0.275 e. The van der Waals surface area contributed by atoms with Crippen molar-refractivity contribution in [2.75, 3.05) is 16.8 Å². The van der Waals surface area contributed by atoms with E-state index in [2.05, 4.69) is 10.3 Å². The highest BCUT2D eigenvalue weighted by atomic mass is 32.2. The van der Waals surface area contributed by atoms with E-state index in [4.69, 9.17) is 11.5 Å². The van der Waals surface area contributed by atoms with Crippen molar-refractivity contribution in [3.8, 4) is 0 Å².